The third kappa shape index (κ3) is 7.15. The molecule has 106 valence electrons. The van der Waals surface area contributed by atoms with Gasteiger partial charge in [-0.3, -0.25) is 0 Å². The molecule has 0 saturated carbocycles. The van der Waals surface area contributed by atoms with Gasteiger partial charge in [-0.15, -0.1) is 12.3 Å². The molecule has 0 spiro atoms. The van der Waals surface area contributed by atoms with E-state index in [4.69, 9.17) is 10.8 Å². The van der Waals surface area contributed by atoms with Gasteiger partial charge in [-0.05, 0) is 31.0 Å². The monoisotopic (exact) mass is 380 g/mol. The summed E-state index contributed by atoms with van der Waals surface area (Å²) in [7, 11) is -1.60. The Morgan fingerprint density at radius 3 is 2.28 bits per heavy atom. The Labute approximate surface area is 129 Å². The average Bonchev–Trinajstić information content (AvgIpc) is 2.25. The minimum atomic E-state index is -1.60. The minimum absolute atomic E-state index is 0.306. The van der Waals surface area contributed by atoms with E-state index in [2.05, 4.69) is 62.4 Å². The van der Waals surface area contributed by atoms with Crippen molar-refractivity contribution in [2.45, 2.75) is 77.1 Å². The molecule has 0 heterocycles. The summed E-state index contributed by atoms with van der Waals surface area (Å²) in [6, 6.07) is 0. The van der Waals surface area contributed by atoms with Gasteiger partial charge in [-0.2, -0.15) is 0 Å². The predicted molar refractivity (Wildman–Crippen MR) is 92.9 cm³/mol. The quantitative estimate of drug-likeness (QED) is 0.180. The third-order valence-electron chi connectivity index (χ3n) is 3.79. The predicted octanol–water partition coefficient (Wildman–Crippen LogP) is 5.40. The number of alkyl halides is 1. The molecule has 3 heteroatoms. The van der Waals surface area contributed by atoms with Gasteiger partial charge in [0, 0.05) is 10.8 Å². The van der Waals surface area contributed by atoms with Crippen LogP contribution in [0.3, 0.4) is 0 Å². The lowest BCUT2D eigenvalue weighted by atomic mass is 10.1. The lowest BCUT2D eigenvalue weighted by molar-refractivity contribution is 0.192. The zero-order chi connectivity index (χ0) is 14.2. The van der Waals surface area contributed by atoms with Crippen LogP contribution in [0.25, 0.3) is 0 Å². The first kappa shape index (κ1) is 18.5. The summed E-state index contributed by atoms with van der Waals surface area (Å²) in [6.45, 7) is 11.6. The lowest BCUT2D eigenvalue weighted by Crippen LogP contribution is -2.44. The highest BCUT2D eigenvalue weighted by Gasteiger charge is 2.38. The summed E-state index contributed by atoms with van der Waals surface area (Å²) in [6.07, 6.45) is 11.4. The Morgan fingerprint density at radius 2 is 1.83 bits per heavy atom. The van der Waals surface area contributed by atoms with Crippen LogP contribution >= 0.6 is 22.6 Å². The van der Waals surface area contributed by atoms with E-state index in [-0.39, 0.29) is 0 Å². The Bertz CT molecular complexity index is 263. The van der Waals surface area contributed by atoms with E-state index in [1.54, 1.807) is 0 Å². The van der Waals surface area contributed by atoms with Gasteiger partial charge < -0.3 is 4.43 Å². The van der Waals surface area contributed by atoms with Crippen LogP contribution in [0.4, 0.5) is 0 Å². The highest BCUT2D eigenvalue weighted by molar-refractivity contribution is 14.1. The van der Waals surface area contributed by atoms with Crippen LogP contribution in [0.15, 0.2) is 0 Å². The van der Waals surface area contributed by atoms with Crippen molar-refractivity contribution in [1.82, 2.24) is 0 Å². The second-order valence-corrected chi connectivity index (χ2v) is 12.1. The Kier molecular flexibility index (Phi) is 8.82. The van der Waals surface area contributed by atoms with Crippen LogP contribution in [0.1, 0.15) is 52.9 Å². The molecule has 0 bridgehead atoms. The first-order chi connectivity index (χ1) is 8.24. The number of halogens is 1. The SMILES string of the molecule is C#CCCCCC[C@H](CI)O[Si](C)(C)C(C)(C)C. The van der Waals surface area contributed by atoms with Crippen molar-refractivity contribution in [3.8, 4) is 12.3 Å². The van der Waals surface area contributed by atoms with Gasteiger partial charge in [0.1, 0.15) is 0 Å². The Hall–Kier alpha value is 0.467. The highest BCUT2D eigenvalue weighted by Crippen LogP contribution is 2.38. The van der Waals surface area contributed by atoms with Crippen molar-refractivity contribution in [3.63, 3.8) is 0 Å². The average molecular weight is 380 g/mol. The molecule has 0 aliphatic heterocycles. The Morgan fingerprint density at radius 1 is 1.22 bits per heavy atom. The molecule has 0 saturated heterocycles. The highest BCUT2D eigenvalue weighted by atomic mass is 127. The lowest BCUT2D eigenvalue weighted by Gasteiger charge is -2.39. The maximum Gasteiger partial charge on any atom is 0.192 e. The van der Waals surface area contributed by atoms with Gasteiger partial charge in [-0.1, -0.05) is 56.2 Å². The molecule has 0 aliphatic carbocycles. The topological polar surface area (TPSA) is 9.23 Å². The summed E-state index contributed by atoms with van der Waals surface area (Å²) >= 11 is 2.45. The smallest absolute Gasteiger partial charge is 0.192 e. The van der Waals surface area contributed by atoms with Crippen molar-refractivity contribution >= 4 is 30.9 Å². The van der Waals surface area contributed by atoms with Crippen LogP contribution in [0.5, 0.6) is 0 Å². The molecule has 0 radical (unpaired) electrons. The summed E-state index contributed by atoms with van der Waals surface area (Å²) in [4.78, 5) is 0. The molecule has 0 N–H and O–H groups in total. The fraction of sp³-hybridized carbons (Fsp3) is 0.867. The number of rotatable bonds is 8. The summed E-state index contributed by atoms with van der Waals surface area (Å²) < 4.78 is 7.55. The molecule has 0 aromatic carbocycles. The van der Waals surface area contributed by atoms with E-state index < -0.39 is 8.32 Å². The zero-order valence-corrected chi connectivity index (χ0v) is 15.8. The third-order valence-corrected chi connectivity index (χ3v) is 9.30. The number of terminal acetylenes is 1. The summed E-state index contributed by atoms with van der Waals surface area (Å²) in [5, 5.41) is 0.306. The van der Waals surface area contributed by atoms with Crippen LogP contribution in [-0.2, 0) is 4.43 Å². The van der Waals surface area contributed by atoms with Gasteiger partial charge in [0.05, 0.1) is 6.10 Å². The molecule has 18 heavy (non-hydrogen) atoms. The standard InChI is InChI=1S/C15H29IOSi/c1-7-8-9-10-11-12-14(13-16)17-18(5,6)15(2,3)4/h1,14H,8-13H2,2-6H3/t14-/m1/s1. The van der Waals surface area contributed by atoms with Crippen LogP contribution in [-0.4, -0.2) is 18.8 Å². The van der Waals surface area contributed by atoms with Gasteiger partial charge in [-0.25, -0.2) is 0 Å². The maximum absolute atomic E-state index is 6.45. The van der Waals surface area contributed by atoms with E-state index in [0.717, 1.165) is 17.3 Å². The van der Waals surface area contributed by atoms with E-state index in [9.17, 15) is 0 Å². The molecule has 1 atom stereocenters. The normalized spacial score (nSPS) is 14.3. The number of unbranched alkanes of at least 4 members (excludes halogenated alkanes) is 3. The van der Waals surface area contributed by atoms with Crippen molar-refractivity contribution < 1.29 is 4.43 Å². The van der Waals surface area contributed by atoms with E-state index in [1.807, 2.05) is 0 Å². The first-order valence-electron chi connectivity index (χ1n) is 6.92. The van der Waals surface area contributed by atoms with Crippen molar-refractivity contribution in [2.24, 2.45) is 0 Å². The van der Waals surface area contributed by atoms with Crippen molar-refractivity contribution in [3.05, 3.63) is 0 Å². The second kappa shape index (κ2) is 8.60. The maximum atomic E-state index is 6.45. The van der Waals surface area contributed by atoms with E-state index in [1.165, 1.54) is 19.3 Å². The van der Waals surface area contributed by atoms with E-state index in [0.29, 0.717) is 11.1 Å². The zero-order valence-electron chi connectivity index (χ0n) is 12.7. The largest absolute Gasteiger partial charge is 0.413 e. The van der Waals surface area contributed by atoms with Crippen LogP contribution in [0, 0.1) is 12.3 Å². The molecule has 0 aromatic heterocycles. The molecule has 0 amide bonds. The van der Waals surface area contributed by atoms with Gasteiger partial charge in [0.25, 0.3) is 0 Å². The van der Waals surface area contributed by atoms with Gasteiger partial charge in [0.2, 0.25) is 0 Å². The van der Waals surface area contributed by atoms with Gasteiger partial charge >= 0.3 is 0 Å². The summed E-state index contributed by atoms with van der Waals surface area (Å²) in [5.41, 5.74) is 0. The van der Waals surface area contributed by atoms with E-state index >= 15 is 0 Å². The van der Waals surface area contributed by atoms with Crippen LogP contribution in [0.2, 0.25) is 18.1 Å². The molecule has 0 fully saturated rings. The molecule has 0 aliphatic rings. The molecule has 1 nitrogen and oxygen atoms in total. The Balaban J connectivity index is 4.08. The van der Waals surface area contributed by atoms with Gasteiger partial charge in [0.15, 0.2) is 8.32 Å². The fourth-order valence-corrected chi connectivity index (χ4v) is 3.88. The second-order valence-electron chi connectivity index (χ2n) is 6.46. The van der Waals surface area contributed by atoms with Crippen molar-refractivity contribution in [2.75, 3.05) is 4.43 Å². The number of hydrogen-bond donors (Lipinski definition) is 0. The molecule has 0 unspecified atom stereocenters. The summed E-state index contributed by atoms with van der Waals surface area (Å²) in [5.74, 6) is 2.70. The molecular weight excluding hydrogens is 351 g/mol. The fourth-order valence-electron chi connectivity index (χ4n) is 1.54. The molecular formula is C15H29IOSi. The molecule has 0 aromatic rings. The van der Waals surface area contributed by atoms with Crippen LogP contribution < -0.4 is 0 Å². The first-order valence-corrected chi connectivity index (χ1v) is 11.3. The van der Waals surface area contributed by atoms with Crippen molar-refractivity contribution in [1.29, 1.82) is 0 Å². The minimum Gasteiger partial charge on any atom is -0.413 e. The molecule has 0 rings (SSSR count). The number of hydrogen-bond acceptors (Lipinski definition) is 1.